The summed E-state index contributed by atoms with van der Waals surface area (Å²) in [5, 5.41) is -0.0871. The number of aryl methyl sites for hydroxylation is 1. The number of rotatable bonds is 5. The Kier molecular flexibility index (Phi) is 4.91. The molecule has 20 heavy (non-hydrogen) atoms. The molecule has 0 amide bonds. The van der Waals surface area contributed by atoms with E-state index in [1.165, 1.54) is 0 Å². The third-order valence-electron chi connectivity index (χ3n) is 3.37. The number of para-hydroxylation sites is 1. The number of halogens is 1. The SMILES string of the molecule is COc1ccc(C(Cl)Cc2ccccc2OC)cc1C. The zero-order chi connectivity index (χ0) is 14.5. The van der Waals surface area contributed by atoms with Gasteiger partial charge in [0.15, 0.2) is 0 Å². The summed E-state index contributed by atoms with van der Waals surface area (Å²) in [5.74, 6) is 1.76. The quantitative estimate of drug-likeness (QED) is 0.753. The molecule has 1 atom stereocenters. The molecule has 0 fully saturated rings. The predicted octanol–water partition coefficient (Wildman–Crippen LogP) is 4.53. The molecule has 0 aliphatic rings. The Labute approximate surface area is 125 Å². The smallest absolute Gasteiger partial charge is 0.122 e. The van der Waals surface area contributed by atoms with Gasteiger partial charge in [-0.1, -0.05) is 30.3 Å². The molecule has 0 saturated carbocycles. The Bertz CT molecular complexity index is 581. The maximum Gasteiger partial charge on any atom is 0.122 e. The molecule has 0 radical (unpaired) electrons. The van der Waals surface area contributed by atoms with Crippen LogP contribution in [-0.4, -0.2) is 14.2 Å². The molecule has 0 aliphatic heterocycles. The molecular formula is C17H19ClO2. The first-order chi connectivity index (χ1) is 9.65. The molecule has 2 rings (SSSR count). The van der Waals surface area contributed by atoms with Crippen LogP contribution in [0.15, 0.2) is 42.5 Å². The van der Waals surface area contributed by atoms with Crippen LogP contribution >= 0.6 is 11.6 Å². The lowest BCUT2D eigenvalue weighted by Crippen LogP contribution is -1.99. The van der Waals surface area contributed by atoms with Crippen molar-refractivity contribution >= 4 is 11.6 Å². The molecular weight excluding hydrogens is 272 g/mol. The van der Waals surface area contributed by atoms with Crippen LogP contribution in [0.4, 0.5) is 0 Å². The minimum Gasteiger partial charge on any atom is -0.496 e. The fourth-order valence-electron chi connectivity index (χ4n) is 2.28. The number of hydrogen-bond donors (Lipinski definition) is 0. The van der Waals surface area contributed by atoms with E-state index in [4.69, 9.17) is 21.1 Å². The number of alkyl halides is 1. The van der Waals surface area contributed by atoms with E-state index in [0.717, 1.165) is 34.6 Å². The van der Waals surface area contributed by atoms with Gasteiger partial charge < -0.3 is 9.47 Å². The number of ether oxygens (including phenoxy) is 2. The normalized spacial score (nSPS) is 12.0. The zero-order valence-corrected chi connectivity index (χ0v) is 12.8. The Balaban J connectivity index is 2.19. The van der Waals surface area contributed by atoms with Crippen molar-refractivity contribution in [2.75, 3.05) is 14.2 Å². The monoisotopic (exact) mass is 290 g/mol. The highest BCUT2D eigenvalue weighted by Crippen LogP contribution is 2.31. The lowest BCUT2D eigenvalue weighted by molar-refractivity contribution is 0.409. The van der Waals surface area contributed by atoms with Gasteiger partial charge in [-0.25, -0.2) is 0 Å². The largest absolute Gasteiger partial charge is 0.496 e. The molecule has 0 heterocycles. The third-order valence-corrected chi connectivity index (χ3v) is 3.78. The summed E-state index contributed by atoms with van der Waals surface area (Å²) in [5.41, 5.74) is 3.30. The van der Waals surface area contributed by atoms with Crippen LogP contribution in [0.25, 0.3) is 0 Å². The summed E-state index contributed by atoms with van der Waals surface area (Å²) in [6, 6.07) is 14.0. The van der Waals surface area contributed by atoms with Gasteiger partial charge in [-0.05, 0) is 42.2 Å². The van der Waals surface area contributed by atoms with Crippen LogP contribution in [0, 0.1) is 6.92 Å². The summed E-state index contributed by atoms with van der Waals surface area (Å²) in [6.07, 6.45) is 0.733. The Morgan fingerprint density at radius 3 is 2.35 bits per heavy atom. The van der Waals surface area contributed by atoms with Gasteiger partial charge >= 0.3 is 0 Å². The highest BCUT2D eigenvalue weighted by atomic mass is 35.5. The molecule has 0 N–H and O–H groups in total. The Morgan fingerprint density at radius 2 is 1.70 bits per heavy atom. The van der Waals surface area contributed by atoms with Crippen LogP contribution in [0.3, 0.4) is 0 Å². The van der Waals surface area contributed by atoms with Crippen molar-refractivity contribution in [1.29, 1.82) is 0 Å². The van der Waals surface area contributed by atoms with Crippen molar-refractivity contribution in [1.82, 2.24) is 0 Å². The molecule has 1 unspecified atom stereocenters. The highest BCUT2D eigenvalue weighted by molar-refractivity contribution is 6.21. The maximum absolute atomic E-state index is 6.54. The van der Waals surface area contributed by atoms with E-state index in [9.17, 15) is 0 Å². The minimum absolute atomic E-state index is 0.0871. The third kappa shape index (κ3) is 3.26. The molecule has 0 saturated heterocycles. The summed E-state index contributed by atoms with van der Waals surface area (Å²) in [6.45, 7) is 2.02. The van der Waals surface area contributed by atoms with E-state index >= 15 is 0 Å². The van der Waals surface area contributed by atoms with Gasteiger partial charge in [0, 0.05) is 0 Å². The number of methoxy groups -OCH3 is 2. The van der Waals surface area contributed by atoms with E-state index in [-0.39, 0.29) is 5.38 Å². The fraction of sp³-hybridized carbons (Fsp3) is 0.294. The van der Waals surface area contributed by atoms with Crippen LogP contribution in [0.5, 0.6) is 11.5 Å². The van der Waals surface area contributed by atoms with Crippen LogP contribution < -0.4 is 9.47 Å². The lowest BCUT2D eigenvalue weighted by atomic mass is 10.0. The van der Waals surface area contributed by atoms with E-state index in [1.807, 2.05) is 43.3 Å². The molecule has 2 nitrogen and oxygen atoms in total. The van der Waals surface area contributed by atoms with Crippen LogP contribution in [0.2, 0.25) is 0 Å². The van der Waals surface area contributed by atoms with Crippen LogP contribution in [0.1, 0.15) is 22.1 Å². The molecule has 0 aliphatic carbocycles. The zero-order valence-electron chi connectivity index (χ0n) is 12.0. The Hall–Kier alpha value is -1.67. The van der Waals surface area contributed by atoms with Gasteiger partial charge in [-0.3, -0.25) is 0 Å². The van der Waals surface area contributed by atoms with Gasteiger partial charge in [0.1, 0.15) is 11.5 Å². The van der Waals surface area contributed by atoms with Crippen molar-refractivity contribution in [3.8, 4) is 11.5 Å². The number of hydrogen-bond acceptors (Lipinski definition) is 2. The van der Waals surface area contributed by atoms with E-state index in [0.29, 0.717) is 0 Å². The average Bonchev–Trinajstić information content (AvgIpc) is 2.47. The van der Waals surface area contributed by atoms with Crippen molar-refractivity contribution < 1.29 is 9.47 Å². The van der Waals surface area contributed by atoms with E-state index in [1.54, 1.807) is 14.2 Å². The summed E-state index contributed by atoms with van der Waals surface area (Å²) < 4.78 is 10.6. The maximum atomic E-state index is 6.54. The Morgan fingerprint density at radius 1 is 1.00 bits per heavy atom. The molecule has 2 aromatic rings. The van der Waals surface area contributed by atoms with E-state index < -0.39 is 0 Å². The van der Waals surface area contributed by atoms with E-state index in [2.05, 4.69) is 6.07 Å². The summed E-state index contributed by atoms with van der Waals surface area (Å²) in [7, 11) is 3.36. The molecule has 0 spiro atoms. The van der Waals surface area contributed by atoms with Crippen LogP contribution in [-0.2, 0) is 6.42 Å². The minimum atomic E-state index is -0.0871. The molecule has 2 aromatic carbocycles. The molecule has 0 bridgehead atoms. The van der Waals surface area contributed by atoms with Gasteiger partial charge in [0.05, 0.1) is 19.6 Å². The fourth-order valence-corrected chi connectivity index (χ4v) is 2.58. The van der Waals surface area contributed by atoms with Crippen molar-refractivity contribution in [2.24, 2.45) is 0 Å². The standard InChI is InChI=1S/C17H19ClO2/c1-12-10-13(8-9-16(12)19-2)15(18)11-14-6-4-5-7-17(14)20-3/h4-10,15H,11H2,1-3H3. The molecule has 106 valence electrons. The summed E-state index contributed by atoms with van der Waals surface area (Å²) >= 11 is 6.54. The topological polar surface area (TPSA) is 18.5 Å². The first kappa shape index (κ1) is 14.7. The average molecular weight is 291 g/mol. The first-order valence-corrected chi connectivity index (χ1v) is 7.00. The van der Waals surface area contributed by atoms with Gasteiger partial charge in [-0.15, -0.1) is 11.6 Å². The van der Waals surface area contributed by atoms with Crippen molar-refractivity contribution in [3.05, 3.63) is 59.2 Å². The second-order valence-electron chi connectivity index (χ2n) is 4.71. The molecule has 3 heteroatoms. The van der Waals surface area contributed by atoms with Gasteiger partial charge in [-0.2, -0.15) is 0 Å². The van der Waals surface area contributed by atoms with Crippen molar-refractivity contribution in [2.45, 2.75) is 18.7 Å². The van der Waals surface area contributed by atoms with Gasteiger partial charge in [0.25, 0.3) is 0 Å². The second-order valence-corrected chi connectivity index (χ2v) is 5.24. The predicted molar refractivity (Wildman–Crippen MR) is 83.0 cm³/mol. The molecule has 0 aromatic heterocycles. The van der Waals surface area contributed by atoms with Crippen molar-refractivity contribution in [3.63, 3.8) is 0 Å². The lowest BCUT2D eigenvalue weighted by Gasteiger charge is -2.14. The summed E-state index contributed by atoms with van der Waals surface area (Å²) in [4.78, 5) is 0. The highest BCUT2D eigenvalue weighted by Gasteiger charge is 2.13. The van der Waals surface area contributed by atoms with Gasteiger partial charge in [0.2, 0.25) is 0 Å². The first-order valence-electron chi connectivity index (χ1n) is 6.56. The number of benzene rings is 2. The second kappa shape index (κ2) is 6.67.